The van der Waals surface area contributed by atoms with Crippen LogP contribution >= 0.6 is 99.9 Å². The summed E-state index contributed by atoms with van der Waals surface area (Å²) in [6.45, 7) is 26.1. The molecule has 0 radical (unpaired) electrons. The Morgan fingerprint density at radius 1 is 0.442 bits per heavy atom. The van der Waals surface area contributed by atoms with E-state index in [9.17, 15) is 19.2 Å². The maximum atomic E-state index is 14.1. The summed E-state index contributed by atoms with van der Waals surface area (Å²) in [5.41, 5.74) is 4.24. The summed E-state index contributed by atoms with van der Waals surface area (Å²) >= 11 is 16.1. The molecule has 6 aromatic heterocycles. The molecule has 12 rings (SSSR count). The van der Waals surface area contributed by atoms with Crippen molar-refractivity contribution in [2.45, 2.75) is 281 Å². The van der Waals surface area contributed by atoms with Crippen LogP contribution in [0.15, 0.2) is 31.8 Å². The molecular weight excluding hydrogens is 1560 g/mol. The first-order valence-corrected chi connectivity index (χ1v) is 58.5. The SMILES string of the molecule is CCCCC(CC)CN1C(=O)c2c(Br)sc(Br)c2C1=O.CCCCC(CC)CN1C(=O)c2c(C)sc(-c3cc4c(s3)-c3sc(C)cc3[Si]4(CC(CC)CCCC)C3CCCCC3)c2C1=O.CCCCC(CC)C[Si]1(C2CCCCC2)c2cc(C)sc2-c2s[c]([Sn]([CH3])([CH3])[CH3])cc21. The van der Waals surface area contributed by atoms with E-state index in [0.717, 1.165) is 91.6 Å². The van der Waals surface area contributed by atoms with Gasteiger partial charge in [-0.2, -0.15) is 0 Å². The van der Waals surface area contributed by atoms with Crippen molar-refractivity contribution >= 4 is 182 Å². The number of unbranched alkanes of at least 4 members (excludes halogenated alkanes) is 4. The summed E-state index contributed by atoms with van der Waals surface area (Å²) in [5, 5.41) is 7.26. The Hall–Kier alpha value is -1.33. The van der Waals surface area contributed by atoms with E-state index in [0.29, 0.717) is 47.2 Å². The summed E-state index contributed by atoms with van der Waals surface area (Å²) < 4.78 is 3.31. The quantitative estimate of drug-likeness (QED) is 0.0362. The summed E-state index contributed by atoms with van der Waals surface area (Å²) in [6, 6.07) is 13.6. The zero-order chi connectivity index (χ0) is 68.3. The molecule has 6 unspecified atom stereocenters. The molecule has 10 heterocycles. The number of aryl methyl sites for hydroxylation is 3. The van der Waals surface area contributed by atoms with Crippen molar-refractivity contribution < 1.29 is 19.2 Å². The summed E-state index contributed by atoms with van der Waals surface area (Å²) in [4.78, 5) is 76.5. The molecule has 520 valence electrons. The van der Waals surface area contributed by atoms with Gasteiger partial charge in [0, 0.05) is 37.5 Å². The van der Waals surface area contributed by atoms with Gasteiger partial charge in [0.15, 0.2) is 0 Å². The Morgan fingerprint density at radius 3 is 1.22 bits per heavy atom. The zero-order valence-electron chi connectivity index (χ0n) is 60.2. The monoisotopic (exact) mass is 1670 g/mol. The van der Waals surface area contributed by atoms with Gasteiger partial charge >= 0.3 is 200 Å². The molecule has 4 amide bonds. The van der Waals surface area contributed by atoms with Crippen molar-refractivity contribution in [2.24, 2.45) is 23.7 Å². The predicted molar refractivity (Wildman–Crippen MR) is 433 cm³/mol. The number of carbonyl (C=O) groups excluding carboxylic acids is 4. The number of rotatable bonds is 28. The van der Waals surface area contributed by atoms with E-state index in [1.807, 2.05) is 35.9 Å². The van der Waals surface area contributed by atoms with Gasteiger partial charge in [-0.1, -0.05) is 138 Å². The number of halogens is 2. The molecule has 2 saturated carbocycles. The van der Waals surface area contributed by atoms with Crippen molar-refractivity contribution in [1.29, 1.82) is 0 Å². The Labute approximate surface area is 620 Å². The molecule has 2 aliphatic carbocycles. The van der Waals surface area contributed by atoms with E-state index < -0.39 is 34.5 Å². The van der Waals surface area contributed by atoms with E-state index in [2.05, 4.69) is 170 Å². The molecule has 95 heavy (non-hydrogen) atoms. The molecule has 6 nitrogen and oxygen atoms in total. The minimum absolute atomic E-state index is 0.0492. The number of hydrogen-bond acceptors (Lipinski definition) is 10. The Bertz CT molecular complexity index is 3630. The first-order valence-electron chi connectivity index (χ1n) is 37.5. The van der Waals surface area contributed by atoms with E-state index in [4.69, 9.17) is 0 Å². The molecule has 0 aromatic carbocycles. The van der Waals surface area contributed by atoms with Gasteiger partial charge in [0.25, 0.3) is 23.6 Å². The second-order valence-electron chi connectivity index (χ2n) is 30.4. The Kier molecular flexibility index (Phi) is 26.8. The van der Waals surface area contributed by atoms with Gasteiger partial charge < -0.3 is 0 Å². The van der Waals surface area contributed by atoms with Crippen molar-refractivity contribution in [3.05, 3.63) is 68.7 Å². The second kappa shape index (κ2) is 33.4. The topological polar surface area (TPSA) is 74.8 Å². The van der Waals surface area contributed by atoms with Crippen LogP contribution in [0, 0.1) is 44.4 Å². The van der Waals surface area contributed by atoms with Gasteiger partial charge in [-0.3, -0.25) is 29.0 Å². The van der Waals surface area contributed by atoms with Crippen LogP contribution in [0.25, 0.3) is 29.3 Å². The van der Waals surface area contributed by atoms with Gasteiger partial charge in [0.1, 0.15) is 8.07 Å². The average molecular weight is 1670 g/mol. The Morgan fingerprint density at radius 2 is 0.811 bits per heavy atom. The molecule has 0 saturated heterocycles. The number of nitrogens with zero attached hydrogens (tertiary/aromatic N) is 2. The summed E-state index contributed by atoms with van der Waals surface area (Å²) in [6.07, 6.45) is 33.9. The van der Waals surface area contributed by atoms with Gasteiger partial charge in [-0.15, -0.1) is 45.3 Å². The molecule has 0 spiro atoms. The number of imide groups is 2. The van der Waals surface area contributed by atoms with Crippen LogP contribution in [-0.4, -0.2) is 81.0 Å². The van der Waals surface area contributed by atoms with Crippen LogP contribution in [-0.2, 0) is 0 Å². The van der Waals surface area contributed by atoms with Crippen molar-refractivity contribution in [3.8, 4) is 29.3 Å². The van der Waals surface area contributed by atoms with Gasteiger partial charge in [0.05, 0.1) is 34.7 Å². The van der Waals surface area contributed by atoms with Gasteiger partial charge in [-0.25, -0.2) is 0 Å². The van der Waals surface area contributed by atoms with E-state index in [1.165, 1.54) is 152 Å². The average Bonchev–Trinajstić information content (AvgIpc) is 1.54. The third-order valence-electron chi connectivity index (χ3n) is 23.1. The molecule has 0 bridgehead atoms. The van der Waals surface area contributed by atoms with Crippen LogP contribution in [0.1, 0.15) is 278 Å². The third-order valence-corrected chi connectivity index (χ3v) is 53.6. The Balaban J connectivity index is 0.000000169. The van der Waals surface area contributed by atoms with Crippen molar-refractivity contribution in [1.82, 2.24) is 9.80 Å². The fraction of sp³-hybridized carbons (Fsp3) is 0.641. The fourth-order valence-electron chi connectivity index (χ4n) is 17.6. The van der Waals surface area contributed by atoms with E-state index in [1.54, 1.807) is 52.2 Å². The molecule has 6 aliphatic rings. The van der Waals surface area contributed by atoms with E-state index >= 15 is 0 Å². The first kappa shape index (κ1) is 76.3. The first-order chi connectivity index (χ1) is 45.6. The van der Waals surface area contributed by atoms with Crippen molar-refractivity contribution in [2.75, 3.05) is 13.1 Å². The molecule has 0 N–H and O–H groups in total. The third kappa shape index (κ3) is 15.4. The van der Waals surface area contributed by atoms with Crippen LogP contribution < -0.4 is 23.6 Å². The second-order valence-corrected chi connectivity index (χ2v) is 63.8. The number of thiophene rings is 6. The molecule has 6 aromatic rings. The van der Waals surface area contributed by atoms with E-state index in [-0.39, 0.29) is 23.6 Å². The fourth-order valence-corrected chi connectivity index (χ4v) is 48.7. The van der Waals surface area contributed by atoms with Crippen LogP contribution in [0.5, 0.6) is 0 Å². The maximum absolute atomic E-state index is 14.1. The van der Waals surface area contributed by atoms with Crippen LogP contribution in [0.4, 0.5) is 0 Å². The molecule has 2 fully saturated rings. The molecule has 6 atom stereocenters. The number of carbonyl (C=O) groups is 4. The van der Waals surface area contributed by atoms with Gasteiger partial charge in [-0.05, 0) is 110 Å². The molecular formula is C78H112Br2N2O4S6Si2Sn. The van der Waals surface area contributed by atoms with Crippen LogP contribution in [0.3, 0.4) is 0 Å². The molecule has 17 heteroatoms. The number of amides is 4. The summed E-state index contributed by atoms with van der Waals surface area (Å²) in [7, 11) is -3.73. The van der Waals surface area contributed by atoms with Crippen molar-refractivity contribution in [3.63, 3.8) is 0 Å². The predicted octanol–water partition coefficient (Wildman–Crippen LogP) is 23.9. The summed E-state index contributed by atoms with van der Waals surface area (Å²) in [5.74, 6) is 2.06. The van der Waals surface area contributed by atoms with Crippen LogP contribution in [0.2, 0.25) is 38.0 Å². The standard InChI is InChI=1S/C38H53NO2S3Si.C23H33S2Si.C14H17Br2NO2S.3CH3.Sn/c1-7-11-16-26(9-3)22-39-37(40)32-25(6)43-34(33(32)38(39)41)29-21-31-36(44-29)35-30(20-24(5)42-35)45(31,28-18-14-13-15-19-28)23-27(10-4)17-12-8-2;1-4-6-10-18(5-2)16-26(19-11-8-7-9-12-19)20-13-14-24-22(20)23-21(26)15-17(3)25-23;1-3-5-6-8(4-2)7-17-13(18)9-10(14(17)19)12(16)20-11(9)15;;;;/h20-21,26-28H,7-19,22-23H2,1-6H3;13,15,18-19H,4-12,16H2,1-3H3;8H,3-7H2,1-2H3;3*1H3;. The molecule has 4 aliphatic heterocycles. The van der Waals surface area contributed by atoms with Gasteiger partial charge in [0.2, 0.25) is 0 Å². The minimum atomic E-state index is -2.07. The normalized spacial score (nSPS) is 20.5. The zero-order valence-corrected chi connectivity index (χ0v) is 73.1. The number of fused-ring (bicyclic) bond motifs is 8. The number of hydrogen-bond donors (Lipinski definition) is 0.